The van der Waals surface area contributed by atoms with Gasteiger partial charge in [-0.05, 0) is 58.1 Å². The molecule has 2 fully saturated rings. The Hall–Kier alpha value is -3.40. The van der Waals surface area contributed by atoms with E-state index in [4.69, 9.17) is 9.72 Å². The van der Waals surface area contributed by atoms with E-state index in [0.29, 0.717) is 49.2 Å². The van der Waals surface area contributed by atoms with E-state index < -0.39 is 18.0 Å². The van der Waals surface area contributed by atoms with Gasteiger partial charge in [-0.3, -0.25) is 0 Å². The molecule has 2 amide bonds. The number of ether oxygens (including phenoxy) is 1. The van der Waals surface area contributed by atoms with Crippen LogP contribution in [0.1, 0.15) is 73.0 Å². The zero-order valence-electron chi connectivity index (χ0n) is 22.2. The monoisotopic (exact) mass is 524 g/mol. The van der Waals surface area contributed by atoms with Crippen molar-refractivity contribution in [1.82, 2.24) is 25.2 Å². The number of nitrogens with one attached hydrogen (secondary N) is 2. The summed E-state index contributed by atoms with van der Waals surface area (Å²) in [6.45, 7) is 9.42. The SMILES string of the molecule is Cc1nc(N[C@H](C)c2cccc(C(C)F)c2F)c2cc(C3CCN(C(=O)NC4COC4)CC3)c(C)nc2n1. The van der Waals surface area contributed by atoms with Gasteiger partial charge in [0.2, 0.25) is 0 Å². The lowest BCUT2D eigenvalue weighted by molar-refractivity contribution is -0.00239. The van der Waals surface area contributed by atoms with Crippen molar-refractivity contribution in [2.45, 2.75) is 64.7 Å². The number of halogens is 2. The quantitative estimate of drug-likeness (QED) is 0.456. The minimum atomic E-state index is -1.40. The first kappa shape index (κ1) is 26.2. The first-order valence-corrected chi connectivity index (χ1v) is 13.2. The lowest BCUT2D eigenvalue weighted by atomic mass is 9.88. The molecular formula is C28H34F2N6O2. The topological polar surface area (TPSA) is 92.3 Å². The van der Waals surface area contributed by atoms with E-state index in [9.17, 15) is 9.18 Å². The van der Waals surface area contributed by atoms with E-state index in [1.165, 1.54) is 13.0 Å². The Morgan fingerprint density at radius 2 is 1.82 bits per heavy atom. The van der Waals surface area contributed by atoms with Gasteiger partial charge in [0.15, 0.2) is 5.65 Å². The second-order valence-electron chi connectivity index (χ2n) is 10.3. The second-order valence-corrected chi connectivity index (χ2v) is 10.3. The number of urea groups is 1. The van der Waals surface area contributed by atoms with Gasteiger partial charge in [-0.25, -0.2) is 28.5 Å². The van der Waals surface area contributed by atoms with Crippen LogP contribution in [-0.4, -0.2) is 58.2 Å². The molecule has 0 bridgehead atoms. The Kier molecular flexibility index (Phi) is 7.43. The van der Waals surface area contributed by atoms with Gasteiger partial charge in [-0.1, -0.05) is 18.2 Å². The molecular weight excluding hydrogens is 490 g/mol. The summed E-state index contributed by atoms with van der Waals surface area (Å²) >= 11 is 0. The van der Waals surface area contributed by atoms with E-state index in [-0.39, 0.29) is 23.6 Å². The number of fused-ring (bicyclic) bond motifs is 1. The predicted octanol–water partition coefficient (Wildman–Crippen LogP) is 5.27. The summed E-state index contributed by atoms with van der Waals surface area (Å²) in [4.78, 5) is 28.4. The fourth-order valence-electron chi connectivity index (χ4n) is 5.26. The zero-order chi connectivity index (χ0) is 27.0. The summed E-state index contributed by atoms with van der Waals surface area (Å²) < 4.78 is 34.1. The number of piperidine rings is 1. The van der Waals surface area contributed by atoms with Crippen molar-refractivity contribution in [2.24, 2.45) is 0 Å². The van der Waals surface area contributed by atoms with Crippen LogP contribution in [0.25, 0.3) is 11.0 Å². The molecule has 4 heterocycles. The Morgan fingerprint density at radius 1 is 1.11 bits per heavy atom. The number of carbonyl (C=O) groups excluding carboxylic acids is 1. The number of hydrogen-bond donors (Lipinski definition) is 2. The number of amides is 2. The van der Waals surface area contributed by atoms with E-state index in [0.717, 1.165) is 29.5 Å². The summed E-state index contributed by atoms with van der Waals surface area (Å²) in [6.07, 6.45) is 0.255. The predicted molar refractivity (Wildman–Crippen MR) is 141 cm³/mol. The number of benzene rings is 1. The molecule has 0 saturated carbocycles. The molecule has 38 heavy (non-hydrogen) atoms. The van der Waals surface area contributed by atoms with Gasteiger partial charge in [0.1, 0.15) is 23.6 Å². The zero-order valence-corrected chi connectivity index (χ0v) is 22.2. The number of hydrogen-bond acceptors (Lipinski definition) is 6. The smallest absolute Gasteiger partial charge is 0.317 e. The highest BCUT2D eigenvalue weighted by Crippen LogP contribution is 2.34. The maximum atomic E-state index is 15.0. The summed E-state index contributed by atoms with van der Waals surface area (Å²) in [5, 5.41) is 7.09. The van der Waals surface area contributed by atoms with Crippen molar-refractivity contribution in [3.05, 3.63) is 58.3 Å². The summed E-state index contributed by atoms with van der Waals surface area (Å²) in [7, 11) is 0. The highest BCUT2D eigenvalue weighted by atomic mass is 19.1. The number of aryl methyl sites for hydroxylation is 2. The maximum Gasteiger partial charge on any atom is 0.317 e. The number of rotatable bonds is 6. The minimum absolute atomic E-state index is 0.0343. The molecule has 0 radical (unpaired) electrons. The molecule has 2 atom stereocenters. The maximum absolute atomic E-state index is 15.0. The number of aromatic nitrogens is 3. The number of nitrogens with zero attached hydrogens (tertiary/aromatic N) is 4. The number of likely N-dealkylation sites (tertiary alicyclic amines) is 1. The van der Waals surface area contributed by atoms with Crippen molar-refractivity contribution in [3.63, 3.8) is 0 Å². The molecule has 0 aliphatic carbocycles. The van der Waals surface area contributed by atoms with Crippen LogP contribution in [0.15, 0.2) is 24.3 Å². The van der Waals surface area contributed by atoms with E-state index in [1.54, 1.807) is 19.1 Å². The molecule has 2 aromatic heterocycles. The van der Waals surface area contributed by atoms with Gasteiger partial charge in [0.05, 0.1) is 30.7 Å². The Balaban J connectivity index is 1.38. The first-order valence-electron chi connectivity index (χ1n) is 13.2. The number of carbonyl (C=O) groups is 1. The fourth-order valence-corrected chi connectivity index (χ4v) is 5.26. The normalized spacial score (nSPS) is 18.2. The minimum Gasteiger partial charge on any atom is -0.377 e. The average molecular weight is 525 g/mol. The van der Waals surface area contributed by atoms with Gasteiger partial charge >= 0.3 is 6.03 Å². The number of alkyl halides is 1. The summed E-state index contributed by atoms with van der Waals surface area (Å²) in [5.41, 5.74) is 2.99. The molecule has 0 spiro atoms. The van der Waals surface area contributed by atoms with E-state index in [2.05, 4.69) is 26.7 Å². The second kappa shape index (κ2) is 10.8. The molecule has 5 rings (SSSR count). The van der Waals surface area contributed by atoms with Crippen LogP contribution in [0, 0.1) is 19.7 Å². The van der Waals surface area contributed by atoms with Crippen LogP contribution in [0.4, 0.5) is 19.4 Å². The lowest BCUT2D eigenvalue weighted by Gasteiger charge is -2.35. The van der Waals surface area contributed by atoms with Crippen LogP contribution in [0.3, 0.4) is 0 Å². The fraction of sp³-hybridized carbons (Fsp3) is 0.500. The third-order valence-electron chi connectivity index (χ3n) is 7.52. The molecule has 202 valence electrons. The summed E-state index contributed by atoms with van der Waals surface area (Å²) in [6, 6.07) is 6.49. The molecule has 2 N–H and O–H groups in total. The van der Waals surface area contributed by atoms with Crippen LogP contribution < -0.4 is 10.6 Å². The third-order valence-corrected chi connectivity index (χ3v) is 7.52. The van der Waals surface area contributed by atoms with Gasteiger partial charge in [0.25, 0.3) is 0 Å². The Morgan fingerprint density at radius 3 is 2.47 bits per heavy atom. The van der Waals surface area contributed by atoms with E-state index >= 15 is 4.39 Å². The average Bonchev–Trinajstić information content (AvgIpc) is 2.85. The van der Waals surface area contributed by atoms with Crippen molar-refractivity contribution in [1.29, 1.82) is 0 Å². The van der Waals surface area contributed by atoms with Gasteiger partial charge in [-0.2, -0.15) is 0 Å². The van der Waals surface area contributed by atoms with Crippen molar-refractivity contribution in [2.75, 3.05) is 31.6 Å². The standard InChI is InChI=1S/C28H34F2N6O2/c1-15(29)21-6-5-7-22(25(21)30)16(2)31-26-24-12-23(17(3)32-27(24)34-18(4)33-26)19-8-10-36(11-9-19)28(37)35-20-13-38-14-20/h5-7,12,15-16,19-20H,8-11,13-14H2,1-4H3,(H,35,37)(H,31,32,33,34)/t15?,16-/m1/s1. The third kappa shape index (κ3) is 5.27. The van der Waals surface area contributed by atoms with Crippen LogP contribution >= 0.6 is 0 Å². The Bertz CT molecular complexity index is 1340. The van der Waals surface area contributed by atoms with Gasteiger partial charge in [0, 0.05) is 29.9 Å². The lowest BCUT2D eigenvalue weighted by Crippen LogP contribution is -2.54. The molecule has 1 unspecified atom stereocenters. The molecule has 8 nitrogen and oxygen atoms in total. The molecule has 10 heteroatoms. The molecule has 3 aromatic rings. The van der Waals surface area contributed by atoms with Crippen LogP contribution in [-0.2, 0) is 4.74 Å². The molecule has 1 aromatic carbocycles. The molecule has 2 aliphatic heterocycles. The molecule has 2 saturated heterocycles. The van der Waals surface area contributed by atoms with Crippen molar-refractivity contribution < 1.29 is 18.3 Å². The highest BCUT2D eigenvalue weighted by molar-refractivity contribution is 5.87. The summed E-state index contributed by atoms with van der Waals surface area (Å²) in [5.74, 6) is 0.809. The van der Waals surface area contributed by atoms with Gasteiger partial charge in [-0.15, -0.1) is 0 Å². The number of pyridine rings is 1. The molecule has 2 aliphatic rings. The van der Waals surface area contributed by atoms with Crippen LogP contribution in [0.2, 0.25) is 0 Å². The van der Waals surface area contributed by atoms with Gasteiger partial charge < -0.3 is 20.3 Å². The van der Waals surface area contributed by atoms with Crippen molar-refractivity contribution in [3.8, 4) is 0 Å². The highest BCUT2D eigenvalue weighted by Gasteiger charge is 2.29. The van der Waals surface area contributed by atoms with Crippen LogP contribution in [0.5, 0.6) is 0 Å². The van der Waals surface area contributed by atoms with Crippen molar-refractivity contribution >= 4 is 22.9 Å². The van der Waals surface area contributed by atoms with E-state index in [1.807, 2.05) is 18.7 Å². The number of anilines is 1. The first-order chi connectivity index (χ1) is 18.2. The Labute approximate surface area is 221 Å². The largest absolute Gasteiger partial charge is 0.377 e.